The van der Waals surface area contributed by atoms with Gasteiger partial charge in [-0.15, -0.1) is 0 Å². The van der Waals surface area contributed by atoms with Crippen LogP contribution < -0.4 is 31.6 Å². The van der Waals surface area contributed by atoms with Gasteiger partial charge >= 0.3 is 0 Å². The van der Waals surface area contributed by atoms with Gasteiger partial charge in [0.05, 0.1) is 12.8 Å². The van der Waals surface area contributed by atoms with Crippen molar-refractivity contribution in [1.82, 2.24) is 10.3 Å². The van der Waals surface area contributed by atoms with Crippen molar-refractivity contribution in [3.63, 3.8) is 0 Å². The standard InChI is InChI=1S/C23H19ClN8O2/c1-33-14-4-2-3-12(7-14)10-34-17-6-5-13(24)8-15(17)20-18-19(27)16(9-25)21(28)31-22(18)32-23(30-20)29-11-26/h2-8,20H,10H2,1H3,(H6,27,28,29,30,31,32). The number of aromatic nitrogens is 1. The van der Waals surface area contributed by atoms with E-state index in [9.17, 15) is 5.26 Å². The predicted octanol–water partition coefficient (Wildman–Crippen LogP) is 3.30. The van der Waals surface area contributed by atoms with E-state index in [1.54, 1.807) is 25.3 Å². The predicted molar refractivity (Wildman–Crippen MR) is 128 cm³/mol. The molecule has 0 saturated heterocycles. The summed E-state index contributed by atoms with van der Waals surface area (Å²) < 4.78 is 11.4. The van der Waals surface area contributed by atoms with E-state index < -0.39 is 6.04 Å². The monoisotopic (exact) mass is 474 g/mol. The molecule has 10 nitrogen and oxygen atoms in total. The van der Waals surface area contributed by atoms with Gasteiger partial charge in [0, 0.05) is 16.1 Å². The molecule has 0 amide bonds. The maximum absolute atomic E-state index is 9.53. The van der Waals surface area contributed by atoms with E-state index >= 15 is 0 Å². The van der Waals surface area contributed by atoms with Gasteiger partial charge in [-0.3, -0.25) is 5.32 Å². The molecule has 1 unspecified atom stereocenters. The first-order valence-electron chi connectivity index (χ1n) is 9.99. The van der Waals surface area contributed by atoms with Crippen LogP contribution in [0.1, 0.15) is 28.3 Å². The number of nitrogen functional groups attached to an aromatic ring is 2. The summed E-state index contributed by atoms with van der Waals surface area (Å²) in [4.78, 5) is 8.84. The molecule has 1 atom stereocenters. The van der Waals surface area contributed by atoms with Crippen molar-refractivity contribution >= 4 is 34.9 Å². The molecule has 0 spiro atoms. The molecule has 1 aromatic heterocycles. The van der Waals surface area contributed by atoms with Crippen molar-refractivity contribution in [2.24, 2.45) is 4.99 Å². The molecule has 2 aromatic carbocycles. The second-order valence-electron chi connectivity index (χ2n) is 7.22. The van der Waals surface area contributed by atoms with E-state index in [1.165, 1.54) is 0 Å². The summed E-state index contributed by atoms with van der Waals surface area (Å²) in [6, 6.07) is 13.8. The molecule has 0 aliphatic carbocycles. The van der Waals surface area contributed by atoms with Crippen molar-refractivity contribution in [3.8, 4) is 23.8 Å². The van der Waals surface area contributed by atoms with E-state index in [0.29, 0.717) is 27.6 Å². The molecule has 1 aliphatic rings. The van der Waals surface area contributed by atoms with Crippen molar-refractivity contribution in [3.05, 3.63) is 69.7 Å². The molecule has 11 heteroatoms. The number of pyridine rings is 1. The van der Waals surface area contributed by atoms with Crippen LogP contribution in [0, 0.1) is 22.8 Å². The van der Waals surface area contributed by atoms with E-state index in [4.69, 9.17) is 37.8 Å². The van der Waals surface area contributed by atoms with Gasteiger partial charge in [0.15, 0.2) is 6.19 Å². The lowest BCUT2D eigenvalue weighted by Crippen LogP contribution is -2.32. The Bertz CT molecular complexity index is 1380. The molecule has 0 fully saturated rings. The van der Waals surface area contributed by atoms with E-state index in [1.807, 2.05) is 36.5 Å². The van der Waals surface area contributed by atoms with E-state index in [-0.39, 0.29) is 35.5 Å². The summed E-state index contributed by atoms with van der Waals surface area (Å²) in [7, 11) is 1.59. The summed E-state index contributed by atoms with van der Waals surface area (Å²) in [5, 5.41) is 24.4. The minimum Gasteiger partial charge on any atom is -0.497 e. The molecule has 3 aromatic rings. The minimum atomic E-state index is -0.786. The van der Waals surface area contributed by atoms with E-state index in [0.717, 1.165) is 5.56 Å². The van der Waals surface area contributed by atoms with Gasteiger partial charge in [-0.05, 0) is 35.9 Å². The van der Waals surface area contributed by atoms with Gasteiger partial charge in [-0.1, -0.05) is 23.7 Å². The zero-order valence-electron chi connectivity index (χ0n) is 18.0. The second-order valence-corrected chi connectivity index (χ2v) is 7.66. The fourth-order valence-electron chi connectivity index (χ4n) is 3.59. The SMILES string of the molecule is COc1cccc(COc2ccc(Cl)cc2C2N=C(NC#N)Nc3nc(N)c(C#N)c(N)c32)c1. The van der Waals surface area contributed by atoms with Gasteiger partial charge in [0.2, 0.25) is 5.96 Å². The molecule has 0 radical (unpaired) electrons. The average Bonchev–Trinajstić information content (AvgIpc) is 2.83. The van der Waals surface area contributed by atoms with Gasteiger partial charge in [0.25, 0.3) is 0 Å². The van der Waals surface area contributed by atoms with Crippen LogP contribution in [0.3, 0.4) is 0 Å². The lowest BCUT2D eigenvalue weighted by molar-refractivity contribution is 0.301. The number of aliphatic imine (C=N–C) groups is 1. The number of methoxy groups -OCH3 is 1. The number of anilines is 3. The summed E-state index contributed by atoms with van der Waals surface area (Å²) in [5.74, 6) is 1.56. The molecule has 0 bridgehead atoms. The van der Waals surface area contributed by atoms with Crippen molar-refractivity contribution in [2.75, 3.05) is 23.9 Å². The van der Waals surface area contributed by atoms with Gasteiger partial charge in [-0.25, -0.2) is 9.98 Å². The lowest BCUT2D eigenvalue weighted by Gasteiger charge is -2.27. The summed E-state index contributed by atoms with van der Waals surface area (Å²) in [5.41, 5.74) is 14.3. The first-order chi connectivity index (χ1) is 16.4. The topological polar surface area (TPSA) is 167 Å². The Balaban J connectivity index is 1.81. The number of benzene rings is 2. The maximum atomic E-state index is 9.53. The molecule has 6 N–H and O–H groups in total. The third-order valence-electron chi connectivity index (χ3n) is 5.15. The summed E-state index contributed by atoms with van der Waals surface area (Å²) >= 11 is 6.32. The Hall–Kier alpha value is -4.67. The minimum absolute atomic E-state index is 0.0381. The molecule has 4 rings (SSSR count). The van der Waals surface area contributed by atoms with Crippen LogP contribution in [0.15, 0.2) is 47.5 Å². The van der Waals surface area contributed by atoms with Crippen LogP contribution in [-0.2, 0) is 6.61 Å². The quantitative estimate of drug-likeness (QED) is 0.320. The first-order valence-corrected chi connectivity index (χ1v) is 10.4. The Kier molecular flexibility index (Phi) is 6.26. The highest BCUT2D eigenvalue weighted by Crippen LogP contribution is 2.44. The van der Waals surface area contributed by atoms with Gasteiger partial charge < -0.3 is 26.3 Å². The molecular formula is C23H19ClN8O2. The largest absolute Gasteiger partial charge is 0.497 e. The van der Waals surface area contributed by atoms with E-state index in [2.05, 4.69) is 20.6 Å². The number of fused-ring (bicyclic) bond motifs is 1. The Labute approximate surface area is 200 Å². The Morgan fingerprint density at radius 3 is 2.76 bits per heavy atom. The number of halogens is 1. The van der Waals surface area contributed by atoms with Gasteiger partial charge in [-0.2, -0.15) is 10.5 Å². The van der Waals surface area contributed by atoms with Crippen molar-refractivity contribution in [1.29, 1.82) is 10.5 Å². The fourth-order valence-corrected chi connectivity index (χ4v) is 3.77. The third kappa shape index (κ3) is 4.31. The normalized spacial score (nSPS) is 14.0. The molecular weight excluding hydrogens is 456 g/mol. The Morgan fingerprint density at radius 2 is 2.03 bits per heavy atom. The van der Waals surface area contributed by atoms with Crippen molar-refractivity contribution in [2.45, 2.75) is 12.6 Å². The highest BCUT2D eigenvalue weighted by atomic mass is 35.5. The smallest absolute Gasteiger partial charge is 0.211 e. The highest BCUT2D eigenvalue weighted by Gasteiger charge is 2.31. The van der Waals surface area contributed by atoms with Crippen LogP contribution >= 0.6 is 11.6 Å². The molecule has 0 saturated carbocycles. The fraction of sp³-hybridized carbons (Fsp3) is 0.130. The first kappa shape index (κ1) is 22.5. The molecule has 34 heavy (non-hydrogen) atoms. The summed E-state index contributed by atoms with van der Waals surface area (Å²) in [6.07, 6.45) is 1.82. The van der Waals surface area contributed by atoms with Crippen LogP contribution in [0.25, 0.3) is 0 Å². The third-order valence-corrected chi connectivity index (χ3v) is 5.39. The average molecular weight is 475 g/mol. The van der Waals surface area contributed by atoms with Gasteiger partial charge in [0.1, 0.15) is 47.4 Å². The molecule has 1 aliphatic heterocycles. The number of nitrogens with zero attached hydrogens (tertiary/aromatic N) is 4. The maximum Gasteiger partial charge on any atom is 0.211 e. The lowest BCUT2D eigenvalue weighted by atomic mass is 9.94. The zero-order valence-corrected chi connectivity index (χ0v) is 18.7. The zero-order chi connectivity index (χ0) is 24.2. The van der Waals surface area contributed by atoms with Crippen LogP contribution in [0.5, 0.6) is 11.5 Å². The second kappa shape index (κ2) is 9.45. The van der Waals surface area contributed by atoms with Crippen LogP contribution in [0.2, 0.25) is 5.02 Å². The summed E-state index contributed by atoms with van der Waals surface area (Å²) in [6.45, 7) is 0.246. The highest BCUT2D eigenvalue weighted by molar-refractivity contribution is 6.30. The number of nitriles is 2. The number of hydrogen-bond acceptors (Lipinski definition) is 10. The number of ether oxygens (including phenoxy) is 2. The number of nitrogens with two attached hydrogens (primary N) is 2. The van der Waals surface area contributed by atoms with Crippen LogP contribution in [-0.4, -0.2) is 18.1 Å². The Morgan fingerprint density at radius 1 is 1.21 bits per heavy atom. The van der Waals surface area contributed by atoms with Crippen LogP contribution in [0.4, 0.5) is 17.3 Å². The molecule has 170 valence electrons. The number of hydrogen-bond donors (Lipinski definition) is 4. The number of rotatable bonds is 5. The van der Waals surface area contributed by atoms with Crippen molar-refractivity contribution < 1.29 is 9.47 Å². The number of nitrogens with one attached hydrogen (secondary N) is 2. The molecule has 2 heterocycles. The number of guanidine groups is 1.